The fraction of sp³-hybridized carbons (Fsp3) is 0.211. The van der Waals surface area contributed by atoms with Gasteiger partial charge in [-0.05, 0) is 24.3 Å². The van der Waals surface area contributed by atoms with Gasteiger partial charge >= 0.3 is 5.97 Å². The van der Waals surface area contributed by atoms with Gasteiger partial charge in [0.05, 0.1) is 16.8 Å². The minimum absolute atomic E-state index is 0.0351. The monoisotopic (exact) mass is 357 g/mol. The van der Waals surface area contributed by atoms with Crippen molar-refractivity contribution in [1.29, 1.82) is 0 Å². The number of carboxylic acids is 1. The van der Waals surface area contributed by atoms with E-state index >= 15 is 0 Å². The number of ketones is 1. The van der Waals surface area contributed by atoms with E-state index in [2.05, 4.69) is 12.2 Å². The molecular weight excluding hydrogens is 338 g/mol. The third kappa shape index (κ3) is 4.70. The molecule has 0 unspecified atom stereocenters. The molecule has 6 heteroatoms. The zero-order valence-corrected chi connectivity index (χ0v) is 14.6. The average Bonchev–Trinajstić information content (AvgIpc) is 2.62. The summed E-state index contributed by atoms with van der Waals surface area (Å²) in [5.41, 5.74) is 1.05. The van der Waals surface area contributed by atoms with Crippen molar-refractivity contribution in [2.45, 2.75) is 24.7 Å². The van der Waals surface area contributed by atoms with Crippen LogP contribution in [0.1, 0.15) is 46.0 Å². The van der Waals surface area contributed by atoms with Crippen LogP contribution in [0.2, 0.25) is 0 Å². The molecule has 2 aromatic rings. The highest BCUT2D eigenvalue weighted by atomic mass is 32.2. The third-order valence-electron chi connectivity index (χ3n) is 3.58. The van der Waals surface area contributed by atoms with E-state index < -0.39 is 5.97 Å². The topological polar surface area (TPSA) is 83.5 Å². The Kier molecular flexibility index (Phi) is 6.77. The summed E-state index contributed by atoms with van der Waals surface area (Å²) < 4.78 is 0. The van der Waals surface area contributed by atoms with Crippen LogP contribution < -0.4 is 5.32 Å². The second-order valence-corrected chi connectivity index (χ2v) is 6.50. The second kappa shape index (κ2) is 9.03. The number of aromatic carboxylic acids is 1. The number of hydrogen-bond donors (Lipinski definition) is 2. The fourth-order valence-electron chi connectivity index (χ4n) is 2.32. The van der Waals surface area contributed by atoms with Crippen LogP contribution in [-0.2, 0) is 4.79 Å². The first-order chi connectivity index (χ1) is 12.1. The molecule has 0 atom stereocenters. The summed E-state index contributed by atoms with van der Waals surface area (Å²) >= 11 is 1.43. The van der Waals surface area contributed by atoms with Crippen LogP contribution in [0, 0.1) is 0 Å². The van der Waals surface area contributed by atoms with E-state index in [1.807, 2.05) is 6.07 Å². The zero-order chi connectivity index (χ0) is 18.2. The number of amides is 1. The summed E-state index contributed by atoms with van der Waals surface area (Å²) in [6.07, 6.45) is 2.38. The van der Waals surface area contributed by atoms with Crippen molar-refractivity contribution in [3.63, 3.8) is 0 Å². The van der Waals surface area contributed by atoms with E-state index in [1.54, 1.807) is 24.3 Å². The van der Waals surface area contributed by atoms with E-state index in [1.165, 1.54) is 23.9 Å². The van der Waals surface area contributed by atoms with Crippen molar-refractivity contribution in [2.24, 2.45) is 0 Å². The van der Waals surface area contributed by atoms with Crippen LogP contribution in [0.3, 0.4) is 0 Å². The number of anilines is 1. The first-order valence-corrected chi connectivity index (χ1v) is 8.91. The average molecular weight is 357 g/mol. The van der Waals surface area contributed by atoms with E-state index in [0.29, 0.717) is 22.4 Å². The highest BCUT2D eigenvalue weighted by Gasteiger charge is 2.21. The van der Waals surface area contributed by atoms with Crippen molar-refractivity contribution < 1.29 is 19.5 Å². The van der Waals surface area contributed by atoms with Gasteiger partial charge in [-0.25, -0.2) is 4.79 Å². The standard InChI is InChI=1S/C19H19NO4S/c1-2-3-9-25-16-11-14(19(23)24)10-15(20-12-21)17(16)18(22)13-7-5-4-6-8-13/h4-8,10-12H,2-3,9H2,1H3,(H,20,21)(H,23,24). The molecule has 2 rings (SSSR count). The third-order valence-corrected chi connectivity index (χ3v) is 4.71. The second-order valence-electron chi connectivity index (χ2n) is 5.36. The molecule has 130 valence electrons. The molecule has 0 saturated heterocycles. The molecule has 5 nitrogen and oxygen atoms in total. The van der Waals surface area contributed by atoms with Gasteiger partial charge in [-0.3, -0.25) is 9.59 Å². The normalized spacial score (nSPS) is 10.3. The minimum atomic E-state index is -1.11. The summed E-state index contributed by atoms with van der Waals surface area (Å²) in [6, 6.07) is 11.5. The highest BCUT2D eigenvalue weighted by Crippen LogP contribution is 2.33. The Hall–Kier alpha value is -2.60. The summed E-state index contributed by atoms with van der Waals surface area (Å²) in [6.45, 7) is 2.06. The predicted octanol–water partition coefficient (Wildman–Crippen LogP) is 4.08. The summed E-state index contributed by atoms with van der Waals surface area (Å²) in [5.74, 6) is -0.597. The lowest BCUT2D eigenvalue weighted by Crippen LogP contribution is -2.11. The quantitative estimate of drug-likeness (QED) is 0.306. The van der Waals surface area contributed by atoms with Gasteiger partial charge in [0.25, 0.3) is 0 Å². The Balaban J connectivity index is 2.57. The lowest BCUT2D eigenvalue weighted by molar-refractivity contribution is -0.105. The van der Waals surface area contributed by atoms with Gasteiger partial charge in [0.1, 0.15) is 0 Å². The van der Waals surface area contributed by atoms with Gasteiger partial charge in [0.15, 0.2) is 5.78 Å². The minimum Gasteiger partial charge on any atom is -0.478 e. The van der Waals surface area contributed by atoms with Crippen LogP contribution in [-0.4, -0.2) is 29.0 Å². The van der Waals surface area contributed by atoms with Crippen LogP contribution in [0.5, 0.6) is 0 Å². The lowest BCUT2D eigenvalue weighted by Gasteiger charge is -2.14. The van der Waals surface area contributed by atoms with Gasteiger partial charge < -0.3 is 10.4 Å². The number of nitrogens with one attached hydrogen (secondary N) is 1. The van der Waals surface area contributed by atoms with Crippen molar-refractivity contribution in [2.75, 3.05) is 11.1 Å². The first-order valence-electron chi connectivity index (χ1n) is 7.92. The molecule has 0 radical (unpaired) electrons. The molecular formula is C19H19NO4S. The molecule has 2 N–H and O–H groups in total. The van der Waals surface area contributed by atoms with E-state index in [4.69, 9.17) is 0 Å². The lowest BCUT2D eigenvalue weighted by atomic mass is 9.99. The first kappa shape index (κ1) is 18.7. The molecule has 0 fully saturated rings. The molecule has 0 aliphatic rings. The number of carbonyl (C=O) groups is 3. The van der Waals surface area contributed by atoms with Crippen molar-refractivity contribution in [3.8, 4) is 0 Å². The number of unbranched alkanes of at least 4 members (excludes halogenated alkanes) is 1. The Bertz CT molecular complexity index is 774. The molecule has 0 heterocycles. The SMILES string of the molecule is CCCCSc1cc(C(=O)O)cc(NC=O)c1C(=O)c1ccccc1. The Morgan fingerprint density at radius 1 is 1.16 bits per heavy atom. The Morgan fingerprint density at radius 2 is 1.88 bits per heavy atom. The van der Waals surface area contributed by atoms with E-state index in [-0.39, 0.29) is 17.0 Å². The van der Waals surface area contributed by atoms with Gasteiger partial charge in [-0.2, -0.15) is 0 Å². The summed E-state index contributed by atoms with van der Waals surface area (Å²) in [5, 5.41) is 11.8. The van der Waals surface area contributed by atoms with Gasteiger partial charge in [-0.1, -0.05) is 43.7 Å². The van der Waals surface area contributed by atoms with Gasteiger partial charge in [-0.15, -0.1) is 11.8 Å². The molecule has 25 heavy (non-hydrogen) atoms. The van der Waals surface area contributed by atoms with E-state index in [9.17, 15) is 19.5 Å². The molecule has 2 aromatic carbocycles. The number of thioether (sulfide) groups is 1. The summed E-state index contributed by atoms with van der Waals surface area (Å²) in [7, 11) is 0. The van der Waals surface area contributed by atoms with Gasteiger partial charge in [0, 0.05) is 10.5 Å². The maximum atomic E-state index is 13.0. The van der Waals surface area contributed by atoms with Crippen molar-refractivity contribution in [3.05, 3.63) is 59.2 Å². The Morgan fingerprint density at radius 3 is 2.48 bits per heavy atom. The highest BCUT2D eigenvalue weighted by molar-refractivity contribution is 7.99. The summed E-state index contributed by atoms with van der Waals surface area (Å²) in [4.78, 5) is 35.9. The zero-order valence-electron chi connectivity index (χ0n) is 13.8. The largest absolute Gasteiger partial charge is 0.478 e. The van der Waals surface area contributed by atoms with Crippen molar-refractivity contribution in [1.82, 2.24) is 0 Å². The van der Waals surface area contributed by atoms with Crippen LogP contribution >= 0.6 is 11.8 Å². The smallest absolute Gasteiger partial charge is 0.335 e. The number of carbonyl (C=O) groups excluding carboxylic acids is 2. The predicted molar refractivity (Wildman–Crippen MR) is 98.6 cm³/mol. The molecule has 0 saturated carbocycles. The number of carboxylic acid groups (broad SMARTS) is 1. The fourth-order valence-corrected chi connectivity index (χ4v) is 3.53. The molecule has 0 spiro atoms. The Labute approximate surface area is 150 Å². The van der Waals surface area contributed by atoms with E-state index in [0.717, 1.165) is 18.6 Å². The molecule has 0 aliphatic heterocycles. The molecule has 0 aromatic heterocycles. The molecule has 1 amide bonds. The van der Waals surface area contributed by atoms with Crippen molar-refractivity contribution >= 4 is 35.6 Å². The van der Waals surface area contributed by atoms with Crippen LogP contribution in [0.15, 0.2) is 47.4 Å². The maximum Gasteiger partial charge on any atom is 0.335 e. The molecule has 0 bridgehead atoms. The molecule has 0 aliphatic carbocycles. The number of hydrogen-bond acceptors (Lipinski definition) is 4. The number of benzene rings is 2. The maximum absolute atomic E-state index is 13.0. The van der Waals surface area contributed by atoms with Crippen LogP contribution in [0.25, 0.3) is 0 Å². The van der Waals surface area contributed by atoms with Gasteiger partial charge in [0.2, 0.25) is 6.41 Å². The number of rotatable bonds is 9. The van der Waals surface area contributed by atoms with Crippen LogP contribution in [0.4, 0.5) is 5.69 Å².